The minimum absolute atomic E-state index is 0.0933. The van der Waals surface area contributed by atoms with Gasteiger partial charge in [-0.15, -0.1) is 0 Å². The second-order valence-electron chi connectivity index (χ2n) is 4.32. The van der Waals surface area contributed by atoms with Crippen LogP contribution in [0.3, 0.4) is 0 Å². The monoisotopic (exact) mass is 368 g/mol. The summed E-state index contributed by atoms with van der Waals surface area (Å²) in [5.41, 5.74) is 0. The second-order valence-corrected chi connectivity index (χ2v) is 5.67. The molecule has 0 atom stereocenters. The predicted octanol–water partition coefficient (Wildman–Crippen LogP) is 4.30. The Morgan fingerprint density at radius 2 is 2.00 bits per heavy atom. The number of benzene rings is 1. The van der Waals surface area contributed by atoms with E-state index in [9.17, 15) is 4.79 Å². The van der Waals surface area contributed by atoms with E-state index in [1.165, 1.54) is 6.20 Å². The van der Waals surface area contributed by atoms with Crippen LogP contribution in [0.1, 0.15) is 12.8 Å². The minimum atomic E-state index is -0.0933. The lowest BCUT2D eigenvalue weighted by atomic mass is 10.3. The van der Waals surface area contributed by atoms with Gasteiger partial charge in [0.1, 0.15) is 11.6 Å². The van der Waals surface area contributed by atoms with E-state index >= 15 is 0 Å². The number of nitrogens with one attached hydrogen (secondary N) is 1. The standard InChI is InChI=1S/C15H14BrClN2O2/c16-11-3-6-13(7-4-11)21-9-1-2-15(20)19-14-8-5-12(17)10-18-14/h3-8,10H,1-2,9H2,(H,18,19,20). The quantitative estimate of drug-likeness (QED) is 0.773. The van der Waals surface area contributed by atoms with Crippen molar-refractivity contribution in [3.8, 4) is 5.75 Å². The van der Waals surface area contributed by atoms with Crippen molar-refractivity contribution in [2.24, 2.45) is 0 Å². The summed E-state index contributed by atoms with van der Waals surface area (Å²) in [5.74, 6) is 1.19. The molecule has 1 aromatic heterocycles. The van der Waals surface area contributed by atoms with Crippen molar-refractivity contribution in [1.82, 2.24) is 4.98 Å². The molecule has 4 nitrogen and oxygen atoms in total. The first kappa shape index (κ1) is 15.8. The van der Waals surface area contributed by atoms with E-state index in [0.717, 1.165) is 10.2 Å². The molecule has 0 fully saturated rings. The van der Waals surface area contributed by atoms with E-state index in [4.69, 9.17) is 16.3 Å². The lowest BCUT2D eigenvalue weighted by molar-refractivity contribution is -0.116. The van der Waals surface area contributed by atoms with E-state index in [2.05, 4.69) is 26.2 Å². The van der Waals surface area contributed by atoms with E-state index in [-0.39, 0.29) is 5.91 Å². The van der Waals surface area contributed by atoms with Gasteiger partial charge in [-0.05, 0) is 42.8 Å². The third-order valence-corrected chi connectivity index (χ3v) is 3.38. The van der Waals surface area contributed by atoms with Crippen LogP contribution in [0.4, 0.5) is 5.82 Å². The summed E-state index contributed by atoms with van der Waals surface area (Å²) in [6.07, 6.45) is 2.50. The molecule has 1 amide bonds. The van der Waals surface area contributed by atoms with Crippen molar-refractivity contribution in [1.29, 1.82) is 0 Å². The van der Waals surface area contributed by atoms with E-state index < -0.39 is 0 Å². The molecule has 1 heterocycles. The topological polar surface area (TPSA) is 51.2 Å². The third kappa shape index (κ3) is 5.73. The van der Waals surface area contributed by atoms with Gasteiger partial charge in [-0.2, -0.15) is 0 Å². The highest BCUT2D eigenvalue weighted by Gasteiger charge is 2.03. The fourth-order valence-electron chi connectivity index (χ4n) is 1.61. The van der Waals surface area contributed by atoms with Crippen molar-refractivity contribution in [2.45, 2.75) is 12.8 Å². The fourth-order valence-corrected chi connectivity index (χ4v) is 1.98. The molecular formula is C15H14BrClN2O2. The smallest absolute Gasteiger partial charge is 0.225 e. The van der Waals surface area contributed by atoms with Crippen LogP contribution in [-0.2, 0) is 4.79 Å². The van der Waals surface area contributed by atoms with Gasteiger partial charge in [0.15, 0.2) is 0 Å². The number of nitrogens with zero attached hydrogens (tertiary/aromatic N) is 1. The van der Waals surface area contributed by atoms with Crippen molar-refractivity contribution < 1.29 is 9.53 Å². The van der Waals surface area contributed by atoms with E-state index in [1.54, 1.807) is 12.1 Å². The Balaban J connectivity index is 1.67. The fraction of sp³-hybridized carbons (Fsp3) is 0.200. The maximum absolute atomic E-state index is 11.7. The zero-order valence-corrected chi connectivity index (χ0v) is 13.5. The first-order valence-corrected chi connectivity index (χ1v) is 7.60. The average molecular weight is 370 g/mol. The van der Waals surface area contributed by atoms with Crippen molar-refractivity contribution in [2.75, 3.05) is 11.9 Å². The normalized spacial score (nSPS) is 10.2. The number of carbonyl (C=O) groups is 1. The molecule has 0 saturated carbocycles. The Morgan fingerprint density at radius 1 is 1.24 bits per heavy atom. The molecule has 0 saturated heterocycles. The molecule has 0 aliphatic carbocycles. The Labute approximate surface area is 136 Å². The summed E-state index contributed by atoms with van der Waals surface area (Å²) in [6, 6.07) is 10.9. The van der Waals surface area contributed by atoms with Crippen LogP contribution in [0.5, 0.6) is 5.75 Å². The van der Waals surface area contributed by atoms with Gasteiger partial charge in [-0.25, -0.2) is 4.98 Å². The summed E-state index contributed by atoms with van der Waals surface area (Å²) in [7, 11) is 0. The number of ether oxygens (including phenoxy) is 1. The Hall–Kier alpha value is -1.59. The number of hydrogen-bond acceptors (Lipinski definition) is 3. The first-order valence-electron chi connectivity index (χ1n) is 6.43. The Bertz CT molecular complexity index is 588. The van der Waals surface area contributed by atoms with Gasteiger partial charge in [0.05, 0.1) is 11.6 Å². The van der Waals surface area contributed by atoms with Crippen LogP contribution >= 0.6 is 27.5 Å². The summed E-state index contributed by atoms with van der Waals surface area (Å²) >= 11 is 9.08. The van der Waals surface area contributed by atoms with Crippen LogP contribution in [0.15, 0.2) is 47.1 Å². The first-order chi connectivity index (χ1) is 10.1. The zero-order chi connectivity index (χ0) is 15.1. The maximum Gasteiger partial charge on any atom is 0.225 e. The van der Waals surface area contributed by atoms with Gasteiger partial charge >= 0.3 is 0 Å². The highest BCUT2D eigenvalue weighted by molar-refractivity contribution is 9.10. The van der Waals surface area contributed by atoms with Crippen molar-refractivity contribution >= 4 is 39.3 Å². The predicted molar refractivity (Wildman–Crippen MR) is 86.7 cm³/mol. The number of amides is 1. The molecule has 0 spiro atoms. The zero-order valence-electron chi connectivity index (χ0n) is 11.2. The lowest BCUT2D eigenvalue weighted by Gasteiger charge is -2.07. The van der Waals surface area contributed by atoms with Gasteiger partial charge in [0, 0.05) is 17.1 Å². The summed E-state index contributed by atoms with van der Waals surface area (Å²) in [5, 5.41) is 3.24. The average Bonchev–Trinajstić information content (AvgIpc) is 2.48. The molecule has 2 rings (SSSR count). The van der Waals surface area contributed by atoms with Crippen molar-refractivity contribution in [3.05, 3.63) is 52.1 Å². The lowest BCUT2D eigenvalue weighted by Crippen LogP contribution is -2.13. The highest BCUT2D eigenvalue weighted by Crippen LogP contribution is 2.16. The van der Waals surface area contributed by atoms with E-state index in [1.807, 2.05) is 24.3 Å². The Morgan fingerprint density at radius 3 is 2.67 bits per heavy atom. The largest absolute Gasteiger partial charge is 0.494 e. The van der Waals surface area contributed by atoms with Crippen LogP contribution in [0.2, 0.25) is 5.02 Å². The molecule has 0 radical (unpaired) electrons. The maximum atomic E-state index is 11.7. The number of anilines is 1. The summed E-state index contributed by atoms with van der Waals surface area (Å²) in [6.45, 7) is 0.489. The van der Waals surface area contributed by atoms with E-state index in [0.29, 0.717) is 30.3 Å². The van der Waals surface area contributed by atoms with Gasteiger partial charge in [-0.3, -0.25) is 4.79 Å². The summed E-state index contributed by atoms with van der Waals surface area (Å²) in [4.78, 5) is 15.7. The number of carbonyl (C=O) groups excluding carboxylic acids is 1. The molecule has 0 aliphatic heterocycles. The molecule has 0 bridgehead atoms. The number of halogens is 2. The molecule has 0 aliphatic rings. The molecule has 0 unspecified atom stereocenters. The molecular weight excluding hydrogens is 356 g/mol. The molecule has 110 valence electrons. The minimum Gasteiger partial charge on any atom is -0.494 e. The summed E-state index contributed by atoms with van der Waals surface area (Å²) < 4.78 is 6.55. The number of rotatable bonds is 6. The third-order valence-electron chi connectivity index (χ3n) is 2.63. The van der Waals surface area contributed by atoms with Crippen LogP contribution in [-0.4, -0.2) is 17.5 Å². The van der Waals surface area contributed by atoms with Gasteiger partial charge < -0.3 is 10.1 Å². The van der Waals surface area contributed by atoms with Gasteiger partial charge in [0.25, 0.3) is 0 Å². The van der Waals surface area contributed by atoms with Crippen LogP contribution in [0.25, 0.3) is 0 Å². The van der Waals surface area contributed by atoms with Gasteiger partial charge in [0.2, 0.25) is 5.91 Å². The number of pyridine rings is 1. The second kappa shape index (κ2) is 8.00. The van der Waals surface area contributed by atoms with Gasteiger partial charge in [-0.1, -0.05) is 27.5 Å². The van der Waals surface area contributed by atoms with Crippen LogP contribution < -0.4 is 10.1 Å². The Kier molecular flexibility index (Phi) is 6.02. The SMILES string of the molecule is O=C(CCCOc1ccc(Br)cc1)Nc1ccc(Cl)cn1. The number of aromatic nitrogens is 1. The molecule has 2 aromatic rings. The van der Waals surface area contributed by atoms with Crippen molar-refractivity contribution in [3.63, 3.8) is 0 Å². The molecule has 21 heavy (non-hydrogen) atoms. The van der Waals surface area contributed by atoms with Crippen LogP contribution in [0, 0.1) is 0 Å². The highest BCUT2D eigenvalue weighted by atomic mass is 79.9. The number of hydrogen-bond donors (Lipinski definition) is 1. The molecule has 1 aromatic carbocycles. The molecule has 1 N–H and O–H groups in total. The molecule has 6 heteroatoms.